The molecule has 142 valence electrons. The molecule has 0 aliphatic rings. The van der Waals surface area contributed by atoms with Crippen molar-refractivity contribution in [3.8, 4) is 22.3 Å². The lowest BCUT2D eigenvalue weighted by atomic mass is 9.89. The van der Waals surface area contributed by atoms with Crippen LogP contribution in [-0.2, 0) is 4.74 Å². The van der Waals surface area contributed by atoms with Gasteiger partial charge in [0.1, 0.15) is 0 Å². The molecule has 0 unspecified atom stereocenters. The maximum absolute atomic E-state index is 12.7. The number of hydrogen-bond acceptors (Lipinski definition) is 3. The summed E-state index contributed by atoms with van der Waals surface area (Å²) in [5, 5.41) is 0.505. The zero-order valence-corrected chi connectivity index (χ0v) is 16.8. The summed E-state index contributed by atoms with van der Waals surface area (Å²) < 4.78 is 5.27. The fourth-order valence-electron chi connectivity index (χ4n) is 3.14. The average Bonchev–Trinajstić information content (AvgIpc) is 2.68. The monoisotopic (exact) mass is 392 g/mol. The molecule has 0 saturated heterocycles. The second-order valence-corrected chi connectivity index (χ2v) is 6.97. The van der Waals surface area contributed by atoms with Gasteiger partial charge < -0.3 is 4.74 Å². The molecule has 3 rings (SSSR count). The Bertz CT molecular complexity index is 1040. The van der Waals surface area contributed by atoms with E-state index in [-0.39, 0.29) is 12.4 Å². The lowest BCUT2D eigenvalue weighted by molar-refractivity contribution is 0.0527. The van der Waals surface area contributed by atoms with Gasteiger partial charge in [-0.3, -0.25) is 4.79 Å². The lowest BCUT2D eigenvalue weighted by Crippen LogP contribution is -2.09. The van der Waals surface area contributed by atoms with Gasteiger partial charge in [0.15, 0.2) is 5.78 Å². The maximum atomic E-state index is 12.7. The zero-order valence-electron chi connectivity index (χ0n) is 16.1. The molecule has 0 N–H and O–H groups in total. The molecule has 0 saturated carbocycles. The van der Waals surface area contributed by atoms with Crippen molar-refractivity contribution in [1.29, 1.82) is 0 Å². The fraction of sp³-hybridized carbons (Fsp3) is 0.167. The standard InChI is InChI=1S/C24H21ClO3/c1-4-28-24(27)22-14-20(17-11-9-15(2)10-12-17)19(16(3)26)13-21(22)18-7-5-6-8-23(18)25/h5-14H,4H2,1-3H3. The molecule has 3 aromatic carbocycles. The number of benzene rings is 3. The Kier molecular flexibility index (Phi) is 5.96. The van der Waals surface area contributed by atoms with Crippen LogP contribution in [0.2, 0.25) is 5.02 Å². The number of hydrogen-bond donors (Lipinski definition) is 0. The fourth-order valence-corrected chi connectivity index (χ4v) is 3.38. The number of esters is 1. The Labute approximate surface area is 169 Å². The molecule has 0 aliphatic carbocycles. The van der Waals surface area contributed by atoms with Gasteiger partial charge in [-0.25, -0.2) is 4.79 Å². The maximum Gasteiger partial charge on any atom is 0.338 e. The Morgan fingerprint density at radius 1 is 0.893 bits per heavy atom. The number of Topliss-reactive ketones (excluding diaryl/α,β-unsaturated/α-hetero) is 1. The molecule has 3 nitrogen and oxygen atoms in total. The van der Waals surface area contributed by atoms with Crippen LogP contribution >= 0.6 is 11.6 Å². The van der Waals surface area contributed by atoms with Crippen LogP contribution in [-0.4, -0.2) is 18.4 Å². The molecule has 0 aliphatic heterocycles. The summed E-state index contributed by atoms with van der Waals surface area (Å²) in [6.07, 6.45) is 0. The van der Waals surface area contributed by atoms with Gasteiger partial charge >= 0.3 is 5.97 Å². The molecule has 0 bridgehead atoms. The summed E-state index contributed by atoms with van der Waals surface area (Å²) in [5.41, 5.74) is 4.88. The van der Waals surface area contributed by atoms with E-state index in [1.807, 2.05) is 49.4 Å². The van der Waals surface area contributed by atoms with Crippen molar-refractivity contribution in [1.82, 2.24) is 0 Å². The number of rotatable bonds is 5. The third kappa shape index (κ3) is 4.00. The number of carbonyl (C=O) groups excluding carboxylic acids is 2. The highest BCUT2D eigenvalue weighted by Gasteiger charge is 2.21. The van der Waals surface area contributed by atoms with Crippen molar-refractivity contribution in [2.45, 2.75) is 20.8 Å². The summed E-state index contributed by atoms with van der Waals surface area (Å²) >= 11 is 6.38. The molecular formula is C24H21ClO3. The lowest BCUT2D eigenvalue weighted by Gasteiger charge is -2.16. The number of ether oxygens (including phenoxy) is 1. The molecule has 0 heterocycles. The third-order valence-electron chi connectivity index (χ3n) is 4.56. The number of ketones is 1. The summed E-state index contributed by atoms with van der Waals surface area (Å²) in [6.45, 7) is 5.54. The SMILES string of the molecule is CCOC(=O)c1cc(-c2ccc(C)cc2)c(C(C)=O)cc1-c1ccccc1Cl. The van der Waals surface area contributed by atoms with Crippen molar-refractivity contribution < 1.29 is 14.3 Å². The molecule has 28 heavy (non-hydrogen) atoms. The zero-order chi connectivity index (χ0) is 20.3. The largest absolute Gasteiger partial charge is 0.462 e. The third-order valence-corrected chi connectivity index (χ3v) is 4.89. The van der Waals surface area contributed by atoms with Crippen molar-refractivity contribution >= 4 is 23.4 Å². The van der Waals surface area contributed by atoms with Gasteiger partial charge in [0.05, 0.1) is 12.2 Å². The van der Waals surface area contributed by atoms with Gasteiger partial charge in [-0.2, -0.15) is 0 Å². The molecular weight excluding hydrogens is 372 g/mol. The smallest absolute Gasteiger partial charge is 0.338 e. The number of aryl methyl sites for hydroxylation is 1. The van der Waals surface area contributed by atoms with E-state index in [9.17, 15) is 9.59 Å². The first-order valence-electron chi connectivity index (χ1n) is 9.10. The van der Waals surface area contributed by atoms with Crippen LogP contribution in [0, 0.1) is 6.92 Å². The van der Waals surface area contributed by atoms with Crippen LogP contribution in [0.25, 0.3) is 22.3 Å². The summed E-state index contributed by atoms with van der Waals surface area (Å²) in [5.74, 6) is -0.528. The van der Waals surface area contributed by atoms with Crippen LogP contribution in [0.5, 0.6) is 0 Å². The Balaban J connectivity index is 2.32. The predicted molar refractivity (Wildman–Crippen MR) is 113 cm³/mol. The average molecular weight is 393 g/mol. The predicted octanol–water partition coefficient (Wildman–Crippen LogP) is 6.36. The summed E-state index contributed by atoms with van der Waals surface area (Å²) in [4.78, 5) is 25.2. The van der Waals surface area contributed by atoms with Gasteiger partial charge in [0.2, 0.25) is 0 Å². The Morgan fingerprint density at radius 2 is 1.54 bits per heavy atom. The van der Waals surface area contributed by atoms with Gasteiger partial charge in [0.25, 0.3) is 0 Å². The van der Waals surface area contributed by atoms with Crippen LogP contribution in [0.15, 0.2) is 60.7 Å². The topological polar surface area (TPSA) is 43.4 Å². The highest BCUT2D eigenvalue weighted by molar-refractivity contribution is 6.33. The molecule has 3 aromatic rings. The van der Waals surface area contributed by atoms with Gasteiger partial charge in [0, 0.05) is 16.1 Å². The van der Waals surface area contributed by atoms with E-state index in [4.69, 9.17) is 16.3 Å². The Morgan fingerprint density at radius 3 is 2.14 bits per heavy atom. The molecule has 0 radical (unpaired) electrons. The van der Waals surface area contributed by atoms with Crippen molar-refractivity contribution in [3.05, 3.63) is 82.4 Å². The van der Waals surface area contributed by atoms with E-state index < -0.39 is 5.97 Å². The first kappa shape index (κ1) is 19.8. The van der Waals surface area contributed by atoms with Crippen LogP contribution < -0.4 is 0 Å². The van der Waals surface area contributed by atoms with Crippen molar-refractivity contribution in [2.75, 3.05) is 6.61 Å². The first-order chi connectivity index (χ1) is 13.4. The van der Waals surface area contributed by atoms with Gasteiger partial charge in [-0.05, 0) is 55.7 Å². The van der Waals surface area contributed by atoms with Crippen molar-refractivity contribution in [2.24, 2.45) is 0 Å². The van der Waals surface area contributed by atoms with Crippen LogP contribution in [0.1, 0.15) is 40.1 Å². The second kappa shape index (κ2) is 8.41. The normalized spacial score (nSPS) is 10.6. The van der Waals surface area contributed by atoms with E-state index in [0.29, 0.717) is 32.8 Å². The number of carbonyl (C=O) groups is 2. The Hall–Kier alpha value is -2.91. The van der Waals surface area contributed by atoms with E-state index in [0.717, 1.165) is 11.1 Å². The van der Waals surface area contributed by atoms with E-state index in [1.165, 1.54) is 6.92 Å². The van der Waals surface area contributed by atoms with Gasteiger partial charge in [-0.15, -0.1) is 0 Å². The molecule has 4 heteroatoms. The van der Waals surface area contributed by atoms with E-state index in [2.05, 4.69) is 0 Å². The van der Waals surface area contributed by atoms with E-state index >= 15 is 0 Å². The molecule has 0 aromatic heterocycles. The molecule has 0 atom stereocenters. The minimum atomic E-state index is -0.444. The first-order valence-corrected chi connectivity index (χ1v) is 9.48. The summed E-state index contributed by atoms with van der Waals surface area (Å²) in [6, 6.07) is 18.6. The van der Waals surface area contributed by atoms with Crippen LogP contribution in [0.3, 0.4) is 0 Å². The summed E-state index contributed by atoms with van der Waals surface area (Å²) in [7, 11) is 0. The molecule has 0 fully saturated rings. The second-order valence-electron chi connectivity index (χ2n) is 6.57. The minimum absolute atomic E-state index is 0.0840. The molecule has 0 spiro atoms. The van der Waals surface area contributed by atoms with E-state index in [1.54, 1.807) is 25.1 Å². The highest BCUT2D eigenvalue weighted by atomic mass is 35.5. The number of halogens is 1. The van der Waals surface area contributed by atoms with Crippen molar-refractivity contribution in [3.63, 3.8) is 0 Å². The van der Waals surface area contributed by atoms with Gasteiger partial charge in [-0.1, -0.05) is 59.6 Å². The minimum Gasteiger partial charge on any atom is -0.462 e. The highest BCUT2D eigenvalue weighted by Crippen LogP contribution is 2.36. The molecule has 0 amide bonds. The quantitative estimate of drug-likeness (QED) is 0.374. The van der Waals surface area contributed by atoms with Crippen LogP contribution in [0.4, 0.5) is 0 Å².